The molecular weight excluding hydrogens is 348 g/mol. The molecule has 0 saturated heterocycles. The maximum absolute atomic E-state index is 12.9. The van der Waals surface area contributed by atoms with Gasteiger partial charge in [0.25, 0.3) is 5.91 Å². The number of carbonyl (C=O) groups is 1. The Morgan fingerprint density at radius 3 is 2.18 bits per heavy atom. The highest BCUT2D eigenvalue weighted by molar-refractivity contribution is 5.93. The topological polar surface area (TPSA) is 58.1 Å². The first-order valence-electron chi connectivity index (χ1n) is 9.67. The van der Waals surface area contributed by atoms with Crippen molar-refractivity contribution in [3.05, 3.63) is 78.0 Å². The quantitative estimate of drug-likeness (QED) is 0.645. The van der Waals surface area contributed by atoms with Crippen molar-refractivity contribution in [3.8, 4) is 11.4 Å². The largest absolute Gasteiger partial charge is 0.363 e. The lowest BCUT2D eigenvalue weighted by Gasteiger charge is -2.20. The maximum atomic E-state index is 12.9. The third kappa shape index (κ3) is 4.55. The highest BCUT2D eigenvalue weighted by Gasteiger charge is 2.18. The summed E-state index contributed by atoms with van der Waals surface area (Å²) in [5.41, 5.74) is 2.44. The molecular formula is C23H26N4O. The summed E-state index contributed by atoms with van der Waals surface area (Å²) in [6.45, 7) is 7.30. The summed E-state index contributed by atoms with van der Waals surface area (Å²) in [5, 5.41) is 3.42. The van der Waals surface area contributed by atoms with Crippen LogP contribution in [0.2, 0.25) is 0 Å². The fourth-order valence-corrected chi connectivity index (χ4v) is 3.07. The molecule has 1 aromatic heterocycles. The van der Waals surface area contributed by atoms with Gasteiger partial charge in [-0.2, -0.15) is 0 Å². The SMILES string of the molecule is CCN(CC)C(=O)c1cc(NC(C)c2ccccc2)nc(-c2ccccc2)n1. The standard InChI is InChI=1S/C23H26N4O/c1-4-27(5-2)23(28)20-16-21(24-17(3)18-12-8-6-9-13-18)26-22(25-20)19-14-10-7-11-15-19/h6-17H,4-5H2,1-3H3,(H,24,25,26). The first-order chi connectivity index (χ1) is 13.6. The molecule has 1 amide bonds. The van der Waals surface area contributed by atoms with Crippen LogP contribution in [0.1, 0.15) is 42.9 Å². The van der Waals surface area contributed by atoms with E-state index in [-0.39, 0.29) is 11.9 Å². The number of anilines is 1. The smallest absolute Gasteiger partial charge is 0.272 e. The van der Waals surface area contributed by atoms with Crippen LogP contribution in [0.4, 0.5) is 5.82 Å². The Bertz CT molecular complexity index is 908. The molecule has 0 fully saturated rings. The highest BCUT2D eigenvalue weighted by Crippen LogP contribution is 2.22. The summed E-state index contributed by atoms with van der Waals surface area (Å²) >= 11 is 0. The molecule has 1 heterocycles. The van der Waals surface area contributed by atoms with Crippen LogP contribution in [0.25, 0.3) is 11.4 Å². The number of rotatable bonds is 7. The fourth-order valence-electron chi connectivity index (χ4n) is 3.07. The Balaban J connectivity index is 1.99. The van der Waals surface area contributed by atoms with Gasteiger partial charge >= 0.3 is 0 Å². The van der Waals surface area contributed by atoms with Crippen LogP contribution in [-0.2, 0) is 0 Å². The zero-order valence-corrected chi connectivity index (χ0v) is 16.6. The van der Waals surface area contributed by atoms with Crippen molar-refractivity contribution in [2.24, 2.45) is 0 Å². The van der Waals surface area contributed by atoms with E-state index in [0.717, 1.165) is 11.1 Å². The van der Waals surface area contributed by atoms with Crippen LogP contribution < -0.4 is 5.32 Å². The van der Waals surface area contributed by atoms with Crippen LogP contribution in [-0.4, -0.2) is 33.9 Å². The van der Waals surface area contributed by atoms with E-state index >= 15 is 0 Å². The van der Waals surface area contributed by atoms with Gasteiger partial charge in [0.1, 0.15) is 11.5 Å². The highest BCUT2D eigenvalue weighted by atomic mass is 16.2. The van der Waals surface area contributed by atoms with Crippen LogP contribution in [0.5, 0.6) is 0 Å². The average Bonchev–Trinajstić information content (AvgIpc) is 2.75. The zero-order valence-electron chi connectivity index (χ0n) is 16.6. The minimum absolute atomic E-state index is 0.0520. The molecule has 1 unspecified atom stereocenters. The summed E-state index contributed by atoms with van der Waals surface area (Å²) in [7, 11) is 0. The van der Waals surface area contributed by atoms with Gasteiger partial charge in [-0.05, 0) is 26.3 Å². The molecule has 1 N–H and O–H groups in total. The lowest BCUT2D eigenvalue weighted by Crippen LogP contribution is -2.31. The Kier molecular flexibility index (Phi) is 6.37. The van der Waals surface area contributed by atoms with Gasteiger partial charge in [0, 0.05) is 30.8 Å². The van der Waals surface area contributed by atoms with E-state index in [1.165, 1.54) is 0 Å². The van der Waals surface area contributed by atoms with Crippen molar-refractivity contribution < 1.29 is 4.79 Å². The molecule has 2 aromatic carbocycles. The molecule has 144 valence electrons. The normalized spacial score (nSPS) is 11.7. The third-order valence-electron chi connectivity index (χ3n) is 4.69. The molecule has 5 nitrogen and oxygen atoms in total. The molecule has 0 aliphatic rings. The maximum Gasteiger partial charge on any atom is 0.272 e. The second kappa shape index (κ2) is 9.13. The lowest BCUT2D eigenvalue weighted by atomic mass is 10.1. The number of hydrogen-bond acceptors (Lipinski definition) is 4. The van der Waals surface area contributed by atoms with E-state index in [0.29, 0.717) is 30.4 Å². The second-order valence-corrected chi connectivity index (χ2v) is 6.58. The Morgan fingerprint density at radius 2 is 1.57 bits per heavy atom. The molecule has 0 bridgehead atoms. The molecule has 1 atom stereocenters. The Labute approximate surface area is 166 Å². The predicted octanol–water partition coefficient (Wildman–Crippen LogP) is 4.80. The molecule has 28 heavy (non-hydrogen) atoms. The number of benzene rings is 2. The number of hydrogen-bond donors (Lipinski definition) is 1. The van der Waals surface area contributed by atoms with E-state index in [1.807, 2.05) is 62.4 Å². The molecule has 3 rings (SSSR count). The van der Waals surface area contributed by atoms with Crippen LogP contribution >= 0.6 is 0 Å². The zero-order chi connectivity index (χ0) is 19.9. The Morgan fingerprint density at radius 1 is 0.964 bits per heavy atom. The third-order valence-corrected chi connectivity index (χ3v) is 4.69. The van der Waals surface area contributed by atoms with Crippen molar-refractivity contribution in [2.45, 2.75) is 26.8 Å². The lowest BCUT2D eigenvalue weighted by molar-refractivity contribution is 0.0767. The summed E-state index contributed by atoms with van der Waals surface area (Å²) in [4.78, 5) is 23.9. The number of amides is 1. The van der Waals surface area contributed by atoms with Crippen molar-refractivity contribution in [2.75, 3.05) is 18.4 Å². The van der Waals surface area contributed by atoms with Gasteiger partial charge in [-0.3, -0.25) is 4.79 Å². The van der Waals surface area contributed by atoms with E-state index in [2.05, 4.69) is 34.3 Å². The fraction of sp³-hybridized carbons (Fsp3) is 0.261. The van der Waals surface area contributed by atoms with Gasteiger partial charge in [-0.15, -0.1) is 0 Å². The molecule has 0 spiro atoms. The van der Waals surface area contributed by atoms with Gasteiger partial charge in [0.2, 0.25) is 0 Å². The van der Waals surface area contributed by atoms with E-state index in [4.69, 9.17) is 0 Å². The van der Waals surface area contributed by atoms with Crippen molar-refractivity contribution in [3.63, 3.8) is 0 Å². The van der Waals surface area contributed by atoms with Crippen LogP contribution in [0.15, 0.2) is 66.7 Å². The number of nitrogens with zero attached hydrogens (tertiary/aromatic N) is 3. The Hall–Kier alpha value is -3.21. The number of carbonyl (C=O) groups excluding carboxylic acids is 1. The summed E-state index contributed by atoms with van der Waals surface area (Å²) in [6.07, 6.45) is 0. The second-order valence-electron chi connectivity index (χ2n) is 6.58. The molecule has 0 aliphatic heterocycles. The molecule has 0 saturated carbocycles. The van der Waals surface area contributed by atoms with Gasteiger partial charge in [0.05, 0.1) is 0 Å². The first-order valence-corrected chi connectivity index (χ1v) is 9.67. The van der Waals surface area contributed by atoms with E-state index in [1.54, 1.807) is 11.0 Å². The average molecular weight is 374 g/mol. The monoisotopic (exact) mass is 374 g/mol. The van der Waals surface area contributed by atoms with Crippen LogP contribution in [0, 0.1) is 0 Å². The summed E-state index contributed by atoms with van der Waals surface area (Å²) < 4.78 is 0. The van der Waals surface area contributed by atoms with Gasteiger partial charge < -0.3 is 10.2 Å². The predicted molar refractivity (Wildman–Crippen MR) is 113 cm³/mol. The number of aromatic nitrogens is 2. The van der Waals surface area contributed by atoms with E-state index < -0.39 is 0 Å². The summed E-state index contributed by atoms with van der Waals surface area (Å²) in [6, 6.07) is 21.7. The molecule has 5 heteroatoms. The minimum atomic E-state index is -0.0833. The summed E-state index contributed by atoms with van der Waals surface area (Å²) in [5.74, 6) is 1.10. The molecule has 3 aromatic rings. The number of nitrogens with one attached hydrogen (secondary N) is 1. The van der Waals surface area contributed by atoms with Gasteiger partial charge in [0.15, 0.2) is 5.82 Å². The minimum Gasteiger partial charge on any atom is -0.363 e. The van der Waals surface area contributed by atoms with Crippen molar-refractivity contribution >= 4 is 11.7 Å². The van der Waals surface area contributed by atoms with Gasteiger partial charge in [-0.1, -0.05) is 60.7 Å². The van der Waals surface area contributed by atoms with Crippen molar-refractivity contribution in [1.82, 2.24) is 14.9 Å². The first kappa shape index (κ1) is 19.5. The van der Waals surface area contributed by atoms with E-state index in [9.17, 15) is 4.79 Å². The van der Waals surface area contributed by atoms with Crippen LogP contribution in [0.3, 0.4) is 0 Å². The van der Waals surface area contributed by atoms with Crippen molar-refractivity contribution in [1.29, 1.82) is 0 Å². The van der Waals surface area contributed by atoms with Gasteiger partial charge in [-0.25, -0.2) is 9.97 Å². The molecule has 0 radical (unpaired) electrons. The molecule has 0 aliphatic carbocycles.